The van der Waals surface area contributed by atoms with Gasteiger partial charge in [0, 0.05) is 35.3 Å². The summed E-state index contributed by atoms with van der Waals surface area (Å²) in [5, 5.41) is 15.0. The van der Waals surface area contributed by atoms with Gasteiger partial charge in [-0.05, 0) is 32.1 Å². The fourth-order valence-corrected chi connectivity index (χ4v) is 4.75. The lowest BCUT2D eigenvalue weighted by Crippen LogP contribution is -2.11. The molecule has 1 aliphatic heterocycles. The third-order valence-electron chi connectivity index (χ3n) is 4.97. The highest BCUT2D eigenvalue weighted by Crippen LogP contribution is 2.36. The summed E-state index contributed by atoms with van der Waals surface area (Å²) in [5.41, 5.74) is 9.06. The number of hydrogen-bond acceptors (Lipinski definition) is 7. The molecular formula is C21H19N5O3S. The topological polar surface area (TPSA) is 124 Å². The third kappa shape index (κ3) is 3.21. The third-order valence-corrected chi connectivity index (χ3v) is 6.45. The van der Waals surface area contributed by atoms with E-state index in [1.54, 1.807) is 38.2 Å². The molecule has 2 N–H and O–H groups in total. The smallest absolute Gasteiger partial charge is 0.200 e. The molecular weight excluding hydrogens is 402 g/mol. The molecule has 0 aliphatic carbocycles. The van der Waals surface area contributed by atoms with Gasteiger partial charge in [0.05, 0.1) is 10.6 Å². The Morgan fingerprint density at radius 3 is 2.80 bits per heavy atom. The molecule has 3 aromatic rings. The Bertz CT molecular complexity index is 1350. The lowest BCUT2D eigenvalue weighted by atomic mass is 10.0. The molecule has 1 aromatic carbocycles. The summed E-state index contributed by atoms with van der Waals surface area (Å²) in [6, 6.07) is 8.88. The minimum absolute atomic E-state index is 0.137. The number of benzene rings is 1. The van der Waals surface area contributed by atoms with Gasteiger partial charge in [0.2, 0.25) is 0 Å². The lowest BCUT2D eigenvalue weighted by Gasteiger charge is -2.20. The molecule has 0 radical (unpaired) electrons. The van der Waals surface area contributed by atoms with Gasteiger partial charge in [-0.15, -0.1) is 0 Å². The van der Waals surface area contributed by atoms with Gasteiger partial charge in [-0.1, -0.05) is 17.7 Å². The van der Waals surface area contributed by atoms with Gasteiger partial charge >= 0.3 is 0 Å². The van der Waals surface area contributed by atoms with Gasteiger partial charge in [0.25, 0.3) is 0 Å². The van der Waals surface area contributed by atoms with Crippen LogP contribution in [-0.4, -0.2) is 23.2 Å². The van der Waals surface area contributed by atoms with Crippen LogP contribution >= 0.6 is 0 Å². The van der Waals surface area contributed by atoms with Crippen LogP contribution in [0, 0.1) is 18.3 Å². The van der Waals surface area contributed by atoms with Gasteiger partial charge in [-0.25, -0.2) is 13.4 Å². The predicted molar refractivity (Wildman–Crippen MR) is 112 cm³/mol. The molecule has 0 spiro atoms. The molecule has 2 bridgehead atoms. The van der Waals surface area contributed by atoms with Crippen LogP contribution in [0.15, 0.2) is 40.8 Å². The van der Waals surface area contributed by atoms with Crippen molar-refractivity contribution >= 4 is 21.7 Å². The van der Waals surface area contributed by atoms with Crippen molar-refractivity contribution in [1.29, 1.82) is 5.26 Å². The maximum absolute atomic E-state index is 13.1. The van der Waals surface area contributed by atoms with Gasteiger partial charge in [0.1, 0.15) is 17.9 Å². The van der Waals surface area contributed by atoms with Gasteiger partial charge in [-0.3, -0.25) is 4.68 Å². The number of sulfone groups is 1. The van der Waals surface area contributed by atoms with E-state index in [-0.39, 0.29) is 16.4 Å². The Morgan fingerprint density at radius 2 is 2.07 bits per heavy atom. The van der Waals surface area contributed by atoms with E-state index in [1.807, 2.05) is 6.92 Å². The minimum atomic E-state index is -3.80. The van der Waals surface area contributed by atoms with E-state index in [2.05, 4.69) is 16.2 Å². The number of hydrogen-bond donors (Lipinski definition) is 1. The first-order valence-corrected chi connectivity index (χ1v) is 10.7. The van der Waals surface area contributed by atoms with Crippen LogP contribution in [0.3, 0.4) is 0 Å². The van der Waals surface area contributed by atoms with Crippen LogP contribution in [0.4, 0.5) is 5.82 Å². The summed E-state index contributed by atoms with van der Waals surface area (Å²) >= 11 is 0. The second-order valence-electron chi connectivity index (χ2n) is 7.10. The van der Waals surface area contributed by atoms with Crippen molar-refractivity contribution in [2.24, 2.45) is 7.05 Å². The molecule has 0 amide bonds. The average Bonchev–Trinajstić information content (AvgIpc) is 3.02. The SMILES string of the molecule is Cc1ccc2c(c1)[C@@H](C)Oc1cc(cnc1N)-c1c(nn(C)c1C#N)/C=C/S2(=O)=O. The zero-order valence-corrected chi connectivity index (χ0v) is 17.4. The number of nitrogens with zero attached hydrogens (tertiary/aromatic N) is 4. The molecule has 1 aliphatic rings. The second-order valence-corrected chi connectivity index (χ2v) is 8.90. The van der Waals surface area contributed by atoms with Crippen molar-refractivity contribution in [1.82, 2.24) is 14.8 Å². The summed E-state index contributed by atoms with van der Waals surface area (Å²) in [7, 11) is -2.18. The monoisotopic (exact) mass is 421 g/mol. The Kier molecular flexibility index (Phi) is 4.59. The maximum atomic E-state index is 13.1. The lowest BCUT2D eigenvalue weighted by molar-refractivity contribution is 0.224. The Labute approximate surface area is 174 Å². The number of fused-ring (bicyclic) bond motifs is 5. The van der Waals surface area contributed by atoms with Crippen molar-refractivity contribution in [3.05, 3.63) is 58.4 Å². The van der Waals surface area contributed by atoms with Crippen LogP contribution in [0.2, 0.25) is 0 Å². The van der Waals surface area contributed by atoms with Gasteiger partial charge in [-0.2, -0.15) is 10.4 Å². The highest BCUT2D eigenvalue weighted by molar-refractivity contribution is 7.94. The highest BCUT2D eigenvalue weighted by Gasteiger charge is 2.25. The first-order valence-electron chi connectivity index (χ1n) is 9.14. The number of rotatable bonds is 0. The number of aromatic nitrogens is 3. The molecule has 4 rings (SSSR count). The molecule has 152 valence electrons. The minimum Gasteiger partial charge on any atom is -0.482 e. The molecule has 8 nitrogen and oxygen atoms in total. The molecule has 0 saturated heterocycles. The average molecular weight is 421 g/mol. The summed E-state index contributed by atoms with van der Waals surface area (Å²) in [4.78, 5) is 4.35. The fraction of sp³-hybridized carbons (Fsp3) is 0.190. The molecule has 3 heterocycles. The van der Waals surface area contributed by atoms with E-state index < -0.39 is 15.9 Å². The van der Waals surface area contributed by atoms with Crippen molar-refractivity contribution in [2.75, 3.05) is 5.73 Å². The first kappa shape index (κ1) is 19.7. The van der Waals surface area contributed by atoms with E-state index >= 15 is 0 Å². The standard InChI is InChI=1S/C21H19N5O3S/c1-12-4-5-19-15(8-12)13(2)29-18-9-14(11-24-21(18)23)20-16(6-7-30(19,27)28)25-26(3)17(20)10-22/h4-9,11,13H,1-3H3,(H2,23,24)/b7-6+/t13-/m1/s1. The van der Waals surface area contributed by atoms with Crippen molar-refractivity contribution in [2.45, 2.75) is 24.8 Å². The first-order chi connectivity index (χ1) is 14.2. The van der Waals surface area contributed by atoms with Crippen molar-refractivity contribution < 1.29 is 13.2 Å². The van der Waals surface area contributed by atoms with E-state index in [0.717, 1.165) is 11.0 Å². The van der Waals surface area contributed by atoms with Crippen molar-refractivity contribution in [3.63, 3.8) is 0 Å². The molecule has 1 atom stereocenters. The van der Waals surface area contributed by atoms with E-state index in [1.165, 1.54) is 17.0 Å². The predicted octanol–water partition coefficient (Wildman–Crippen LogP) is 3.14. The number of nitrogens with two attached hydrogens (primary N) is 1. The van der Waals surface area contributed by atoms with Crippen molar-refractivity contribution in [3.8, 4) is 22.9 Å². The molecule has 0 unspecified atom stereocenters. The van der Waals surface area contributed by atoms with Crippen LogP contribution in [0.5, 0.6) is 5.75 Å². The highest BCUT2D eigenvalue weighted by atomic mass is 32.2. The summed E-state index contributed by atoms with van der Waals surface area (Å²) in [6.45, 7) is 3.64. The number of aryl methyl sites for hydroxylation is 2. The van der Waals surface area contributed by atoms with Crippen LogP contribution in [0.25, 0.3) is 17.2 Å². The van der Waals surface area contributed by atoms with E-state index in [4.69, 9.17) is 10.5 Å². The number of nitriles is 1. The van der Waals surface area contributed by atoms with E-state index in [0.29, 0.717) is 28.1 Å². The molecule has 0 saturated carbocycles. The number of anilines is 1. The summed E-state index contributed by atoms with van der Waals surface area (Å²) in [6.07, 6.45) is 2.31. The van der Waals surface area contributed by atoms with Crippen LogP contribution in [-0.2, 0) is 16.9 Å². The molecule has 9 heteroatoms. The quantitative estimate of drug-likeness (QED) is 0.591. The van der Waals surface area contributed by atoms with Crippen LogP contribution in [0.1, 0.15) is 35.5 Å². The second kappa shape index (κ2) is 7.00. The van der Waals surface area contributed by atoms with Gasteiger partial charge < -0.3 is 10.5 Å². The van der Waals surface area contributed by atoms with E-state index in [9.17, 15) is 13.7 Å². The summed E-state index contributed by atoms with van der Waals surface area (Å²) < 4.78 is 33.7. The zero-order chi connectivity index (χ0) is 21.6. The Morgan fingerprint density at radius 1 is 1.30 bits per heavy atom. The zero-order valence-electron chi connectivity index (χ0n) is 16.6. The molecule has 2 aromatic heterocycles. The Balaban J connectivity index is 2.07. The fourth-order valence-electron chi connectivity index (χ4n) is 3.49. The number of ether oxygens (including phenoxy) is 1. The molecule has 0 fully saturated rings. The number of nitrogen functional groups attached to an aromatic ring is 1. The normalized spacial score (nSPS) is 18.0. The number of pyridine rings is 1. The maximum Gasteiger partial charge on any atom is 0.200 e. The van der Waals surface area contributed by atoms with Crippen LogP contribution < -0.4 is 10.5 Å². The van der Waals surface area contributed by atoms with Gasteiger partial charge in [0.15, 0.2) is 21.4 Å². The summed E-state index contributed by atoms with van der Waals surface area (Å²) in [5.74, 6) is 0.465. The largest absolute Gasteiger partial charge is 0.482 e. The molecule has 30 heavy (non-hydrogen) atoms. The Hall–Kier alpha value is -3.64.